The zero-order valence-electron chi connectivity index (χ0n) is 12.0. The van der Waals surface area contributed by atoms with E-state index in [4.69, 9.17) is 0 Å². The molecule has 1 unspecified atom stereocenters. The molecule has 2 heterocycles. The lowest BCUT2D eigenvalue weighted by Gasteiger charge is -2.06. The fraction of sp³-hybridized carbons (Fsp3) is 0.467. The Morgan fingerprint density at radius 3 is 3.10 bits per heavy atom. The van der Waals surface area contributed by atoms with Crippen LogP contribution in [-0.2, 0) is 4.79 Å². The summed E-state index contributed by atoms with van der Waals surface area (Å²) < 4.78 is 1.13. The van der Waals surface area contributed by atoms with E-state index in [1.807, 2.05) is 25.1 Å². The highest BCUT2D eigenvalue weighted by atomic mass is 35.5. The molecule has 1 fully saturated rings. The Morgan fingerprint density at radius 2 is 2.38 bits per heavy atom. The van der Waals surface area contributed by atoms with Crippen LogP contribution in [0.15, 0.2) is 18.2 Å². The summed E-state index contributed by atoms with van der Waals surface area (Å²) in [6, 6.07) is 6.11. The molecule has 1 aliphatic heterocycles. The lowest BCUT2D eigenvalue weighted by Crippen LogP contribution is -2.14. The Kier molecular flexibility index (Phi) is 5.56. The zero-order valence-corrected chi connectivity index (χ0v) is 13.6. The minimum atomic E-state index is 0. The molecule has 1 saturated heterocycles. The third kappa shape index (κ3) is 3.93. The highest BCUT2D eigenvalue weighted by Crippen LogP contribution is 2.28. The van der Waals surface area contributed by atoms with Crippen molar-refractivity contribution in [3.63, 3.8) is 0 Å². The van der Waals surface area contributed by atoms with E-state index >= 15 is 0 Å². The number of fused-ring (bicyclic) bond motifs is 1. The number of aryl methyl sites for hydroxylation is 1. The van der Waals surface area contributed by atoms with Crippen LogP contribution in [0.3, 0.4) is 0 Å². The maximum atomic E-state index is 12.0. The third-order valence-electron chi connectivity index (χ3n) is 3.81. The number of nitrogens with zero attached hydrogens (tertiary/aromatic N) is 1. The molecule has 114 valence electrons. The molecule has 1 aromatic heterocycles. The highest BCUT2D eigenvalue weighted by molar-refractivity contribution is 7.22. The summed E-state index contributed by atoms with van der Waals surface area (Å²) in [5, 5.41) is 6.97. The summed E-state index contributed by atoms with van der Waals surface area (Å²) in [6.07, 6.45) is 2.73. The second-order valence-electron chi connectivity index (χ2n) is 5.39. The number of rotatable bonds is 4. The fourth-order valence-electron chi connectivity index (χ4n) is 2.62. The molecule has 6 heteroatoms. The van der Waals surface area contributed by atoms with Gasteiger partial charge in [0.15, 0.2) is 5.13 Å². The van der Waals surface area contributed by atoms with Crippen molar-refractivity contribution in [1.29, 1.82) is 0 Å². The van der Waals surface area contributed by atoms with Crippen molar-refractivity contribution in [3.05, 3.63) is 23.8 Å². The third-order valence-corrected chi connectivity index (χ3v) is 4.75. The number of halogens is 1. The highest BCUT2D eigenvalue weighted by Gasteiger charge is 2.16. The second-order valence-corrected chi connectivity index (χ2v) is 6.42. The molecular formula is C15H20ClN3OS. The van der Waals surface area contributed by atoms with E-state index in [2.05, 4.69) is 15.6 Å². The van der Waals surface area contributed by atoms with Gasteiger partial charge < -0.3 is 10.6 Å². The molecule has 3 rings (SSSR count). The molecule has 0 bridgehead atoms. The van der Waals surface area contributed by atoms with Crippen molar-refractivity contribution < 1.29 is 4.79 Å². The van der Waals surface area contributed by atoms with Crippen LogP contribution >= 0.6 is 23.7 Å². The number of aromatic nitrogens is 1. The second kappa shape index (κ2) is 7.20. The van der Waals surface area contributed by atoms with Crippen molar-refractivity contribution in [2.75, 3.05) is 18.4 Å². The van der Waals surface area contributed by atoms with Crippen LogP contribution in [-0.4, -0.2) is 24.0 Å². The predicted molar refractivity (Wildman–Crippen MR) is 90.4 cm³/mol. The van der Waals surface area contributed by atoms with Gasteiger partial charge in [-0.3, -0.25) is 4.79 Å². The lowest BCUT2D eigenvalue weighted by atomic mass is 10.0. The van der Waals surface area contributed by atoms with Gasteiger partial charge in [0.25, 0.3) is 0 Å². The number of benzene rings is 1. The Morgan fingerprint density at radius 1 is 1.52 bits per heavy atom. The first kappa shape index (κ1) is 16.2. The molecule has 4 nitrogen and oxygen atoms in total. The van der Waals surface area contributed by atoms with Crippen LogP contribution in [0.4, 0.5) is 5.13 Å². The molecule has 1 aliphatic rings. The molecule has 1 atom stereocenters. The van der Waals surface area contributed by atoms with Gasteiger partial charge in [-0.2, -0.15) is 0 Å². The maximum absolute atomic E-state index is 12.0. The topological polar surface area (TPSA) is 54.0 Å². The molecule has 0 radical (unpaired) electrons. The standard InChI is InChI=1S/C15H19N3OS.ClH/c1-10-3-2-4-12-14(10)18-15(20-12)17-13(19)6-5-11-7-8-16-9-11;/h2-4,11,16H,5-9H2,1H3,(H,17,18,19);1H. The SMILES string of the molecule is Cc1cccc2sc(NC(=O)CCC3CCNC3)nc12.Cl. The summed E-state index contributed by atoms with van der Waals surface area (Å²) in [5.74, 6) is 0.729. The first-order chi connectivity index (χ1) is 9.72. The van der Waals surface area contributed by atoms with Gasteiger partial charge in [0.2, 0.25) is 5.91 Å². The van der Waals surface area contributed by atoms with Crippen molar-refractivity contribution in [3.8, 4) is 0 Å². The number of para-hydroxylation sites is 1. The number of nitrogens with one attached hydrogen (secondary N) is 2. The molecule has 21 heavy (non-hydrogen) atoms. The van der Waals surface area contributed by atoms with Crippen LogP contribution < -0.4 is 10.6 Å². The molecule has 2 N–H and O–H groups in total. The number of carbonyl (C=O) groups is 1. The van der Waals surface area contributed by atoms with Gasteiger partial charge in [-0.05, 0) is 50.4 Å². The number of thiazole rings is 1. The molecule has 2 aromatic rings. The monoisotopic (exact) mass is 325 g/mol. The molecule has 1 amide bonds. The van der Waals surface area contributed by atoms with Crippen molar-refractivity contribution >= 4 is 45.0 Å². The first-order valence-electron chi connectivity index (χ1n) is 7.09. The summed E-state index contributed by atoms with van der Waals surface area (Å²) in [6.45, 7) is 4.18. The van der Waals surface area contributed by atoms with E-state index in [1.54, 1.807) is 11.3 Å². The minimum absolute atomic E-state index is 0. The van der Waals surface area contributed by atoms with Crippen LogP contribution in [0.5, 0.6) is 0 Å². The van der Waals surface area contributed by atoms with E-state index in [9.17, 15) is 4.79 Å². The van der Waals surface area contributed by atoms with Gasteiger partial charge in [-0.25, -0.2) is 4.98 Å². The number of hydrogen-bond acceptors (Lipinski definition) is 4. The van der Waals surface area contributed by atoms with Gasteiger partial charge in [0.1, 0.15) is 0 Å². The number of carbonyl (C=O) groups excluding carboxylic acids is 1. The van der Waals surface area contributed by atoms with Crippen LogP contribution in [0, 0.1) is 12.8 Å². The lowest BCUT2D eigenvalue weighted by molar-refractivity contribution is -0.116. The average molecular weight is 326 g/mol. The molecule has 0 saturated carbocycles. The Labute approximate surface area is 134 Å². The maximum Gasteiger partial charge on any atom is 0.226 e. The summed E-state index contributed by atoms with van der Waals surface area (Å²) in [5.41, 5.74) is 2.14. The summed E-state index contributed by atoms with van der Waals surface area (Å²) in [7, 11) is 0. The molecule has 0 spiro atoms. The quantitative estimate of drug-likeness (QED) is 0.906. The summed E-state index contributed by atoms with van der Waals surface area (Å²) >= 11 is 1.54. The van der Waals surface area contributed by atoms with Gasteiger partial charge in [0.05, 0.1) is 10.2 Å². The van der Waals surface area contributed by atoms with E-state index in [1.165, 1.54) is 6.42 Å². The van der Waals surface area contributed by atoms with E-state index in [0.717, 1.165) is 35.3 Å². The Bertz CT molecular complexity index is 622. The number of anilines is 1. The minimum Gasteiger partial charge on any atom is -0.316 e. The molecular weight excluding hydrogens is 306 g/mol. The first-order valence-corrected chi connectivity index (χ1v) is 7.91. The number of hydrogen-bond donors (Lipinski definition) is 2. The predicted octanol–water partition coefficient (Wildman–Crippen LogP) is 3.35. The molecule has 0 aliphatic carbocycles. The smallest absolute Gasteiger partial charge is 0.226 e. The van der Waals surface area contributed by atoms with Gasteiger partial charge in [-0.1, -0.05) is 23.5 Å². The largest absolute Gasteiger partial charge is 0.316 e. The Balaban J connectivity index is 0.00000161. The van der Waals surface area contributed by atoms with Crippen LogP contribution in [0.25, 0.3) is 10.2 Å². The number of amides is 1. The average Bonchev–Trinajstić information content (AvgIpc) is 3.05. The summed E-state index contributed by atoms with van der Waals surface area (Å²) in [4.78, 5) is 16.5. The van der Waals surface area contributed by atoms with Crippen LogP contribution in [0.1, 0.15) is 24.8 Å². The van der Waals surface area contributed by atoms with Crippen LogP contribution in [0.2, 0.25) is 0 Å². The fourth-order valence-corrected chi connectivity index (χ4v) is 3.58. The van der Waals surface area contributed by atoms with Crippen molar-refractivity contribution in [2.24, 2.45) is 5.92 Å². The van der Waals surface area contributed by atoms with E-state index < -0.39 is 0 Å². The van der Waals surface area contributed by atoms with E-state index in [-0.39, 0.29) is 18.3 Å². The van der Waals surface area contributed by atoms with Crippen molar-refractivity contribution in [1.82, 2.24) is 10.3 Å². The zero-order chi connectivity index (χ0) is 13.9. The normalized spacial score (nSPS) is 17.7. The van der Waals surface area contributed by atoms with E-state index in [0.29, 0.717) is 17.5 Å². The van der Waals surface area contributed by atoms with Gasteiger partial charge in [-0.15, -0.1) is 12.4 Å². The van der Waals surface area contributed by atoms with Crippen molar-refractivity contribution in [2.45, 2.75) is 26.2 Å². The van der Waals surface area contributed by atoms with Gasteiger partial charge >= 0.3 is 0 Å². The van der Waals surface area contributed by atoms with Gasteiger partial charge in [0, 0.05) is 6.42 Å². The molecule has 1 aromatic carbocycles. The Hall–Kier alpha value is -1.17.